The van der Waals surface area contributed by atoms with Crippen LogP contribution in [0.3, 0.4) is 0 Å². The minimum atomic E-state index is 0.435. The molecule has 6 nitrogen and oxygen atoms in total. The summed E-state index contributed by atoms with van der Waals surface area (Å²) in [5.41, 5.74) is 3.14. The molecule has 0 spiro atoms. The van der Waals surface area contributed by atoms with Crippen molar-refractivity contribution in [1.82, 2.24) is 14.9 Å². The highest BCUT2D eigenvalue weighted by Crippen LogP contribution is 2.26. The van der Waals surface area contributed by atoms with E-state index in [1.807, 2.05) is 6.07 Å². The summed E-state index contributed by atoms with van der Waals surface area (Å²) in [4.78, 5) is 11.5. The number of hydrogen-bond donors (Lipinski definition) is 2. The Kier molecular flexibility index (Phi) is 8.43. The second-order valence-electron chi connectivity index (χ2n) is 8.42. The van der Waals surface area contributed by atoms with E-state index in [-0.39, 0.29) is 0 Å². The minimum absolute atomic E-state index is 0.435. The largest absolute Gasteiger partial charge is 0.367 e. The molecule has 2 N–H and O–H groups in total. The maximum absolute atomic E-state index is 8.87. The zero-order chi connectivity index (χ0) is 22.1. The average molecular weight is 419 g/mol. The molecule has 0 radical (unpaired) electrons. The lowest BCUT2D eigenvalue weighted by Crippen LogP contribution is -2.20. The molecule has 6 heteroatoms. The number of hydrogen-bond acceptors (Lipinski definition) is 6. The standard InChI is InChI=1S/C25H34N6/c1-4-31(3)17-15-19(2)20-11-13-23(14-12-20)29-25-27-18-21(8-7-16-26)24(30-25)28-22-9-5-6-10-22/h7-8,11-14,18-19,22H,4-6,9-10,15,17H2,1-3H3,(H2,27,28,29,30)/b8-7+. The molecule has 0 amide bonds. The molecule has 1 atom stereocenters. The molecule has 31 heavy (non-hydrogen) atoms. The van der Waals surface area contributed by atoms with Crippen molar-refractivity contribution in [1.29, 1.82) is 5.26 Å². The molecule has 0 saturated heterocycles. The zero-order valence-corrected chi connectivity index (χ0v) is 18.9. The summed E-state index contributed by atoms with van der Waals surface area (Å²) in [6.45, 7) is 6.66. The lowest BCUT2D eigenvalue weighted by atomic mass is 9.97. The highest BCUT2D eigenvalue weighted by atomic mass is 15.1. The normalized spacial score (nSPS) is 15.3. The van der Waals surface area contributed by atoms with Gasteiger partial charge in [0.25, 0.3) is 0 Å². The number of rotatable bonds is 10. The van der Waals surface area contributed by atoms with E-state index >= 15 is 0 Å². The van der Waals surface area contributed by atoms with Crippen LogP contribution in [-0.2, 0) is 0 Å². The topological polar surface area (TPSA) is 76.9 Å². The van der Waals surface area contributed by atoms with Crippen LogP contribution in [-0.4, -0.2) is 41.0 Å². The zero-order valence-electron chi connectivity index (χ0n) is 18.9. The number of aromatic nitrogens is 2. The fourth-order valence-electron chi connectivity index (χ4n) is 3.84. The average Bonchev–Trinajstić information content (AvgIpc) is 3.30. The molecule has 1 unspecified atom stereocenters. The van der Waals surface area contributed by atoms with Gasteiger partial charge in [-0.15, -0.1) is 0 Å². The smallest absolute Gasteiger partial charge is 0.229 e. The lowest BCUT2D eigenvalue weighted by molar-refractivity contribution is 0.337. The van der Waals surface area contributed by atoms with Crippen LogP contribution in [0, 0.1) is 11.3 Å². The molecule has 1 heterocycles. The SMILES string of the molecule is CCN(C)CCC(C)c1ccc(Nc2ncc(/C=C/C#N)c(NC3CCCC3)n2)cc1. The van der Waals surface area contributed by atoms with Crippen LogP contribution in [0.5, 0.6) is 0 Å². The Bertz CT molecular complexity index is 893. The van der Waals surface area contributed by atoms with Gasteiger partial charge >= 0.3 is 0 Å². The van der Waals surface area contributed by atoms with Gasteiger partial charge in [-0.2, -0.15) is 10.2 Å². The van der Waals surface area contributed by atoms with Crippen LogP contribution in [0.2, 0.25) is 0 Å². The van der Waals surface area contributed by atoms with Gasteiger partial charge in [-0.1, -0.05) is 38.8 Å². The summed E-state index contributed by atoms with van der Waals surface area (Å²) >= 11 is 0. The van der Waals surface area contributed by atoms with Crippen molar-refractivity contribution in [3.05, 3.63) is 47.7 Å². The van der Waals surface area contributed by atoms with Gasteiger partial charge in [0.15, 0.2) is 0 Å². The van der Waals surface area contributed by atoms with Crippen LogP contribution in [0.15, 0.2) is 36.5 Å². The third-order valence-corrected chi connectivity index (χ3v) is 6.07. The van der Waals surface area contributed by atoms with Crippen molar-refractivity contribution in [2.75, 3.05) is 30.8 Å². The molecule has 164 valence electrons. The number of nitrogens with zero attached hydrogens (tertiary/aromatic N) is 4. The number of anilines is 3. The Hall–Kier alpha value is -2.91. The van der Waals surface area contributed by atoms with E-state index in [0.29, 0.717) is 17.9 Å². The molecular weight excluding hydrogens is 384 g/mol. The Morgan fingerprint density at radius 2 is 2.00 bits per heavy atom. The summed E-state index contributed by atoms with van der Waals surface area (Å²) in [7, 11) is 2.16. The fraction of sp³-hybridized carbons (Fsp3) is 0.480. The highest BCUT2D eigenvalue weighted by Gasteiger charge is 2.17. The van der Waals surface area contributed by atoms with Crippen LogP contribution in [0.1, 0.15) is 63.0 Å². The fourth-order valence-corrected chi connectivity index (χ4v) is 3.84. The summed E-state index contributed by atoms with van der Waals surface area (Å²) in [5, 5.41) is 15.7. The van der Waals surface area contributed by atoms with E-state index in [1.54, 1.807) is 12.3 Å². The highest BCUT2D eigenvalue weighted by molar-refractivity contribution is 5.66. The first-order valence-corrected chi connectivity index (χ1v) is 11.3. The van der Waals surface area contributed by atoms with Crippen molar-refractivity contribution in [3.63, 3.8) is 0 Å². The van der Waals surface area contributed by atoms with Crippen LogP contribution < -0.4 is 10.6 Å². The maximum Gasteiger partial charge on any atom is 0.229 e. The van der Waals surface area contributed by atoms with Gasteiger partial charge in [-0.25, -0.2) is 4.98 Å². The minimum Gasteiger partial charge on any atom is -0.367 e. The van der Waals surface area contributed by atoms with Crippen molar-refractivity contribution < 1.29 is 0 Å². The van der Waals surface area contributed by atoms with E-state index in [4.69, 9.17) is 10.2 Å². The molecule has 1 fully saturated rings. The molecule has 1 aliphatic carbocycles. The number of allylic oxidation sites excluding steroid dienone is 1. The van der Waals surface area contributed by atoms with Crippen molar-refractivity contribution in [2.45, 2.75) is 57.9 Å². The van der Waals surface area contributed by atoms with Crippen LogP contribution >= 0.6 is 0 Å². The molecule has 1 saturated carbocycles. The van der Waals surface area contributed by atoms with Gasteiger partial charge in [-0.3, -0.25) is 0 Å². The Balaban J connectivity index is 1.68. The Morgan fingerprint density at radius 3 is 2.68 bits per heavy atom. The molecule has 0 bridgehead atoms. The first-order valence-electron chi connectivity index (χ1n) is 11.3. The molecule has 2 aromatic rings. The monoisotopic (exact) mass is 418 g/mol. The molecule has 0 aliphatic heterocycles. The first-order chi connectivity index (χ1) is 15.1. The maximum atomic E-state index is 8.87. The van der Waals surface area contributed by atoms with Crippen LogP contribution in [0.25, 0.3) is 6.08 Å². The van der Waals surface area contributed by atoms with Gasteiger partial charge in [0.05, 0.1) is 6.07 Å². The van der Waals surface area contributed by atoms with E-state index in [9.17, 15) is 0 Å². The molecular formula is C25H34N6. The Labute approximate surface area is 186 Å². The Morgan fingerprint density at radius 1 is 1.26 bits per heavy atom. The van der Waals surface area contributed by atoms with Crippen molar-refractivity contribution >= 4 is 23.5 Å². The first kappa shape index (κ1) is 22.8. The summed E-state index contributed by atoms with van der Waals surface area (Å²) in [6.07, 6.45) is 10.9. The molecule has 1 aromatic carbocycles. The van der Waals surface area contributed by atoms with Gasteiger partial charge in [-0.05, 0) is 69.1 Å². The van der Waals surface area contributed by atoms with Gasteiger partial charge in [0, 0.05) is 29.6 Å². The van der Waals surface area contributed by atoms with Crippen molar-refractivity contribution in [3.8, 4) is 6.07 Å². The second kappa shape index (κ2) is 11.5. The third-order valence-electron chi connectivity index (χ3n) is 6.07. The summed E-state index contributed by atoms with van der Waals surface area (Å²) in [6, 6.07) is 11.0. The van der Waals surface area contributed by atoms with E-state index in [1.165, 1.54) is 24.5 Å². The number of nitrogens with one attached hydrogen (secondary N) is 2. The third kappa shape index (κ3) is 6.80. The molecule has 3 rings (SSSR count). The predicted octanol–water partition coefficient (Wildman–Crippen LogP) is 5.56. The van der Waals surface area contributed by atoms with Gasteiger partial charge < -0.3 is 15.5 Å². The summed E-state index contributed by atoms with van der Waals surface area (Å²) in [5.74, 6) is 1.86. The molecule has 1 aliphatic rings. The second-order valence-corrected chi connectivity index (χ2v) is 8.42. The quantitative estimate of drug-likeness (QED) is 0.492. The molecule has 1 aromatic heterocycles. The van der Waals surface area contributed by atoms with Gasteiger partial charge in [0.1, 0.15) is 5.82 Å². The number of benzene rings is 1. The van der Waals surface area contributed by atoms with Crippen molar-refractivity contribution in [2.24, 2.45) is 0 Å². The summed E-state index contributed by atoms with van der Waals surface area (Å²) < 4.78 is 0. The van der Waals surface area contributed by atoms with E-state index < -0.39 is 0 Å². The predicted molar refractivity (Wildman–Crippen MR) is 128 cm³/mol. The lowest BCUT2D eigenvalue weighted by Gasteiger charge is -2.18. The van der Waals surface area contributed by atoms with Gasteiger partial charge in [0.2, 0.25) is 5.95 Å². The van der Waals surface area contributed by atoms with Crippen LogP contribution in [0.4, 0.5) is 17.5 Å². The number of nitriles is 1. The van der Waals surface area contributed by atoms with E-state index in [2.05, 4.69) is 65.7 Å². The van der Waals surface area contributed by atoms with E-state index in [0.717, 1.165) is 49.4 Å².